The lowest BCUT2D eigenvalue weighted by Crippen LogP contribution is -2.52. The van der Waals surface area contributed by atoms with E-state index in [1.165, 1.54) is 7.11 Å². The summed E-state index contributed by atoms with van der Waals surface area (Å²) in [4.78, 5) is 47.5. The first-order valence-corrected chi connectivity index (χ1v) is 11.7. The second-order valence-corrected chi connectivity index (χ2v) is 8.83. The second kappa shape index (κ2) is 8.67. The number of para-hydroxylation sites is 1. The first-order valence-electron chi connectivity index (χ1n) is 11.7. The number of aryl methyl sites for hydroxylation is 1. The highest BCUT2D eigenvalue weighted by atomic mass is 16.5. The summed E-state index contributed by atoms with van der Waals surface area (Å²) in [6, 6.07) is 12.5. The lowest BCUT2D eigenvalue weighted by Gasteiger charge is -2.36. The van der Waals surface area contributed by atoms with Gasteiger partial charge in [-0.1, -0.05) is 25.1 Å². The first-order chi connectivity index (χ1) is 17.4. The maximum absolute atomic E-state index is 14.4. The van der Waals surface area contributed by atoms with Crippen LogP contribution in [0, 0.1) is 6.92 Å². The third-order valence-electron chi connectivity index (χ3n) is 6.78. The fourth-order valence-corrected chi connectivity index (χ4v) is 5.25. The van der Waals surface area contributed by atoms with E-state index >= 15 is 0 Å². The van der Waals surface area contributed by atoms with Gasteiger partial charge < -0.3 is 24.7 Å². The number of nitrogens with two attached hydrogens (primary N) is 1. The van der Waals surface area contributed by atoms with E-state index in [9.17, 15) is 14.4 Å². The number of aromatic nitrogens is 2. The van der Waals surface area contributed by atoms with E-state index in [0.717, 1.165) is 5.56 Å². The van der Waals surface area contributed by atoms with Crippen LogP contribution < -0.4 is 20.9 Å². The van der Waals surface area contributed by atoms with Crippen molar-refractivity contribution in [3.05, 3.63) is 99.1 Å². The van der Waals surface area contributed by atoms with Gasteiger partial charge in [0, 0.05) is 41.9 Å². The molecule has 184 valence electrons. The van der Waals surface area contributed by atoms with Crippen molar-refractivity contribution < 1.29 is 19.1 Å². The van der Waals surface area contributed by atoms with E-state index in [1.807, 2.05) is 31.2 Å². The minimum absolute atomic E-state index is 0.0489. The Labute approximate surface area is 207 Å². The first kappa shape index (κ1) is 23.3. The van der Waals surface area contributed by atoms with Gasteiger partial charge in [-0.2, -0.15) is 0 Å². The lowest BCUT2D eigenvalue weighted by atomic mass is 9.68. The molecule has 0 saturated carbocycles. The number of carbonyl (C=O) groups is 2. The minimum Gasteiger partial charge on any atom is -0.465 e. The SMILES string of the molecule is CCCN1C(=O)C2(C(C(=O)OC)=C(N)Oc3cc(C)n(Cc4ccncc4)c(=O)c32)c2ccccc21. The number of amides is 1. The zero-order valence-electron chi connectivity index (χ0n) is 20.3. The Hall–Kier alpha value is -4.40. The van der Waals surface area contributed by atoms with Crippen LogP contribution in [0.1, 0.15) is 35.7 Å². The molecule has 2 N–H and O–H groups in total. The highest BCUT2D eigenvalue weighted by molar-refractivity contribution is 6.18. The van der Waals surface area contributed by atoms with Crippen LogP contribution >= 0.6 is 0 Å². The molecule has 4 heterocycles. The number of carbonyl (C=O) groups excluding carboxylic acids is 2. The predicted molar refractivity (Wildman–Crippen MR) is 133 cm³/mol. The summed E-state index contributed by atoms with van der Waals surface area (Å²) < 4.78 is 12.5. The van der Waals surface area contributed by atoms with Gasteiger partial charge in [-0.25, -0.2) is 4.79 Å². The van der Waals surface area contributed by atoms with Crippen molar-refractivity contribution in [1.29, 1.82) is 0 Å². The standard InChI is InChI=1S/C27H26N4O5/c1-4-13-30-19-8-6-5-7-18(19)27(26(30)34)21-20(36-23(28)22(27)25(33)35-3)14-16(2)31(24(21)32)15-17-9-11-29-12-10-17/h5-12,14H,4,13,15,28H2,1-3H3. The number of nitrogens with zero attached hydrogens (tertiary/aromatic N) is 3. The zero-order chi connectivity index (χ0) is 25.6. The molecule has 2 aliphatic rings. The van der Waals surface area contributed by atoms with E-state index in [2.05, 4.69) is 4.98 Å². The van der Waals surface area contributed by atoms with Gasteiger partial charge >= 0.3 is 5.97 Å². The van der Waals surface area contributed by atoms with Crippen LogP contribution in [0.3, 0.4) is 0 Å². The van der Waals surface area contributed by atoms with Gasteiger partial charge in [0.05, 0.1) is 19.2 Å². The quantitative estimate of drug-likeness (QED) is 0.551. The molecular weight excluding hydrogens is 460 g/mol. The van der Waals surface area contributed by atoms with Gasteiger partial charge in [-0.3, -0.25) is 14.6 Å². The van der Waals surface area contributed by atoms with Gasteiger partial charge in [0.15, 0.2) is 0 Å². The molecule has 1 aromatic carbocycles. The minimum atomic E-state index is -1.80. The molecular formula is C27H26N4O5. The van der Waals surface area contributed by atoms with Crippen LogP contribution in [0.15, 0.2) is 71.1 Å². The molecule has 0 aliphatic carbocycles. The lowest BCUT2D eigenvalue weighted by molar-refractivity contribution is -0.138. The summed E-state index contributed by atoms with van der Waals surface area (Å²) in [7, 11) is 1.21. The third-order valence-corrected chi connectivity index (χ3v) is 6.78. The molecule has 9 nitrogen and oxygen atoms in total. The summed E-state index contributed by atoms with van der Waals surface area (Å²) >= 11 is 0. The van der Waals surface area contributed by atoms with Crippen LogP contribution in [0.2, 0.25) is 0 Å². The number of pyridine rings is 2. The Morgan fingerprint density at radius 3 is 2.58 bits per heavy atom. The van der Waals surface area contributed by atoms with Crippen molar-refractivity contribution in [1.82, 2.24) is 9.55 Å². The molecule has 9 heteroatoms. The second-order valence-electron chi connectivity index (χ2n) is 8.83. The van der Waals surface area contributed by atoms with Crippen molar-refractivity contribution >= 4 is 17.6 Å². The summed E-state index contributed by atoms with van der Waals surface area (Å²) in [6.07, 6.45) is 3.97. The molecule has 1 amide bonds. The van der Waals surface area contributed by atoms with Gasteiger partial charge in [-0.05, 0) is 37.1 Å². The Balaban J connectivity index is 1.88. The normalized spacial score (nSPS) is 18.2. The number of hydrogen-bond acceptors (Lipinski definition) is 7. The number of anilines is 1. The zero-order valence-corrected chi connectivity index (χ0v) is 20.3. The predicted octanol–water partition coefficient (Wildman–Crippen LogP) is 2.38. The van der Waals surface area contributed by atoms with E-state index in [1.54, 1.807) is 47.0 Å². The number of methoxy groups -OCH3 is 1. The molecule has 1 unspecified atom stereocenters. The largest absolute Gasteiger partial charge is 0.465 e. The van der Waals surface area contributed by atoms with E-state index in [-0.39, 0.29) is 29.3 Å². The molecule has 0 fully saturated rings. The molecule has 3 aromatic rings. The highest BCUT2D eigenvalue weighted by Gasteiger charge is 2.62. The Bertz CT molecular complexity index is 1480. The summed E-state index contributed by atoms with van der Waals surface area (Å²) in [5.41, 5.74) is 6.49. The number of fused-ring (bicyclic) bond motifs is 4. The number of esters is 1. The van der Waals surface area contributed by atoms with Gasteiger partial charge in [-0.15, -0.1) is 0 Å². The Kier molecular flexibility index (Phi) is 5.62. The van der Waals surface area contributed by atoms with Crippen LogP contribution in [0.5, 0.6) is 5.75 Å². The van der Waals surface area contributed by atoms with Crippen LogP contribution in [0.25, 0.3) is 0 Å². The van der Waals surface area contributed by atoms with Crippen LogP contribution in [-0.4, -0.2) is 35.1 Å². The molecule has 0 bridgehead atoms. The van der Waals surface area contributed by atoms with Crippen molar-refractivity contribution in [3.8, 4) is 5.75 Å². The molecule has 2 aromatic heterocycles. The fraction of sp³-hybridized carbons (Fsp3) is 0.259. The van der Waals surface area contributed by atoms with Crippen molar-refractivity contribution in [3.63, 3.8) is 0 Å². The topological polar surface area (TPSA) is 117 Å². The Morgan fingerprint density at radius 2 is 1.89 bits per heavy atom. The van der Waals surface area contributed by atoms with E-state index in [0.29, 0.717) is 29.9 Å². The molecule has 5 rings (SSSR count). The number of rotatable bonds is 5. The molecule has 2 aliphatic heterocycles. The molecule has 1 spiro atoms. The van der Waals surface area contributed by atoms with Crippen molar-refractivity contribution in [2.45, 2.75) is 32.2 Å². The maximum atomic E-state index is 14.4. The van der Waals surface area contributed by atoms with Crippen LogP contribution in [0.4, 0.5) is 5.69 Å². The van der Waals surface area contributed by atoms with Crippen molar-refractivity contribution in [2.75, 3.05) is 18.6 Å². The van der Waals surface area contributed by atoms with Crippen molar-refractivity contribution in [2.24, 2.45) is 5.73 Å². The molecule has 36 heavy (non-hydrogen) atoms. The summed E-state index contributed by atoms with van der Waals surface area (Å²) in [5.74, 6) is -1.38. The number of hydrogen-bond donors (Lipinski definition) is 1. The monoisotopic (exact) mass is 486 g/mol. The number of ether oxygens (including phenoxy) is 2. The molecule has 0 saturated heterocycles. The molecule has 0 radical (unpaired) electrons. The molecule has 1 atom stereocenters. The summed E-state index contributed by atoms with van der Waals surface area (Å²) in [5, 5.41) is 0. The highest BCUT2D eigenvalue weighted by Crippen LogP contribution is 2.54. The smallest absolute Gasteiger partial charge is 0.340 e. The van der Waals surface area contributed by atoms with Gasteiger partial charge in [0.2, 0.25) is 11.8 Å². The van der Waals surface area contributed by atoms with Gasteiger partial charge in [0.1, 0.15) is 16.7 Å². The van der Waals surface area contributed by atoms with Gasteiger partial charge in [0.25, 0.3) is 5.56 Å². The average molecular weight is 487 g/mol. The van der Waals surface area contributed by atoms with E-state index in [4.69, 9.17) is 15.2 Å². The Morgan fingerprint density at radius 1 is 1.17 bits per heavy atom. The summed E-state index contributed by atoms with van der Waals surface area (Å²) in [6.45, 7) is 4.38. The maximum Gasteiger partial charge on any atom is 0.340 e. The fourth-order valence-electron chi connectivity index (χ4n) is 5.25. The van der Waals surface area contributed by atoms with E-state index < -0.39 is 22.9 Å². The third kappa shape index (κ3) is 3.16. The van der Waals surface area contributed by atoms with Crippen LogP contribution in [-0.2, 0) is 26.3 Å². The number of benzene rings is 1. The average Bonchev–Trinajstić information content (AvgIpc) is 3.10.